The van der Waals surface area contributed by atoms with Crippen molar-refractivity contribution in [3.63, 3.8) is 0 Å². The summed E-state index contributed by atoms with van der Waals surface area (Å²) < 4.78 is 12.0. The summed E-state index contributed by atoms with van der Waals surface area (Å²) in [5.41, 5.74) is 2.08. The summed E-state index contributed by atoms with van der Waals surface area (Å²) in [5, 5.41) is 3.25. The van der Waals surface area contributed by atoms with Gasteiger partial charge in [-0.2, -0.15) is 0 Å². The molecule has 0 fully saturated rings. The number of amides is 1. The lowest BCUT2D eigenvalue weighted by atomic mass is 9.99. The van der Waals surface area contributed by atoms with Gasteiger partial charge in [-0.1, -0.05) is 45.0 Å². The van der Waals surface area contributed by atoms with Crippen molar-refractivity contribution in [3.8, 4) is 0 Å². The lowest BCUT2D eigenvalue weighted by Crippen LogP contribution is -2.45. The van der Waals surface area contributed by atoms with E-state index in [0.29, 0.717) is 6.61 Å². The van der Waals surface area contributed by atoms with Crippen molar-refractivity contribution < 1.29 is 14.0 Å². The molecule has 1 aromatic carbocycles. The van der Waals surface area contributed by atoms with Gasteiger partial charge in [0.15, 0.2) is 8.32 Å². The third-order valence-corrected chi connectivity index (χ3v) is 10.0. The zero-order chi connectivity index (χ0) is 19.8. The Balaban J connectivity index is 2.14. The van der Waals surface area contributed by atoms with E-state index in [1.165, 1.54) is 11.1 Å². The molecule has 2 rings (SSSR count). The lowest BCUT2D eigenvalue weighted by Gasteiger charge is -2.37. The standard InChI is InChI=1S/C21H35NO3Si/c1-20(2,3)25-19(23)22-18-13-15-11-9-10-12-16(15)17(18)14-24-26(7,8)21(4,5)6/h9-12,17-18H,13-14H2,1-8H3,(H,22,23). The molecule has 2 unspecified atom stereocenters. The first-order valence-electron chi connectivity index (χ1n) is 9.51. The molecule has 1 amide bonds. The summed E-state index contributed by atoms with van der Waals surface area (Å²) in [6.07, 6.45) is 0.466. The molecule has 0 aliphatic heterocycles. The molecule has 1 aromatic rings. The van der Waals surface area contributed by atoms with E-state index in [2.05, 4.69) is 63.4 Å². The quantitative estimate of drug-likeness (QED) is 0.730. The average molecular weight is 378 g/mol. The number of carbonyl (C=O) groups excluding carboxylic acids is 1. The van der Waals surface area contributed by atoms with Crippen LogP contribution in [-0.4, -0.2) is 32.7 Å². The van der Waals surface area contributed by atoms with E-state index in [0.717, 1.165) is 6.42 Å². The highest BCUT2D eigenvalue weighted by atomic mass is 28.4. The Morgan fingerprint density at radius 3 is 2.35 bits per heavy atom. The number of hydrogen-bond acceptors (Lipinski definition) is 3. The number of nitrogens with one attached hydrogen (secondary N) is 1. The molecule has 2 atom stereocenters. The van der Waals surface area contributed by atoms with Crippen molar-refractivity contribution in [2.24, 2.45) is 0 Å². The van der Waals surface area contributed by atoms with E-state index >= 15 is 0 Å². The van der Waals surface area contributed by atoms with Gasteiger partial charge in [-0.3, -0.25) is 0 Å². The van der Waals surface area contributed by atoms with Crippen LogP contribution in [0.2, 0.25) is 18.1 Å². The molecule has 1 N–H and O–H groups in total. The van der Waals surface area contributed by atoms with E-state index in [-0.39, 0.29) is 23.1 Å². The molecule has 0 radical (unpaired) electrons. The maximum atomic E-state index is 12.3. The highest BCUT2D eigenvalue weighted by Gasteiger charge is 2.40. The van der Waals surface area contributed by atoms with Gasteiger partial charge in [0.2, 0.25) is 0 Å². The van der Waals surface area contributed by atoms with Crippen LogP contribution in [0.5, 0.6) is 0 Å². The molecule has 146 valence electrons. The largest absolute Gasteiger partial charge is 0.444 e. The Kier molecular flexibility index (Phi) is 5.93. The number of hydrogen-bond donors (Lipinski definition) is 1. The summed E-state index contributed by atoms with van der Waals surface area (Å²) in [6, 6.07) is 8.43. The Morgan fingerprint density at radius 2 is 1.77 bits per heavy atom. The molecule has 0 bridgehead atoms. The normalized spacial score (nSPS) is 20.6. The van der Waals surface area contributed by atoms with E-state index in [9.17, 15) is 4.79 Å². The first-order chi connectivity index (χ1) is 11.8. The highest BCUT2D eigenvalue weighted by molar-refractivity contribution is 6.74. The SMILES string of the molecule is CC(C)(C)OC(=O)NC1Cc2ccccc2C1CO[Si](C)(C)C(C)(C)C. The number of ether oxygens (including phenoxy) is 1. The van der Waals surface area contributed by atoms with E-state index in [4.69, 9.17) is 9.16 Å². The van der Waals surface area contributed by atoms with Gasteiger partial charge in [0.1, 0.15) is 5.60 Å². The van der Waals surface area contributed by atoms with Crippen LogP contribution >= 0.6 is 0 Å². The Morgan fingerprint density at radius 1 is 1.15 bits per heavy atom. The van der Waals surface area contributed by atoms with Crippen molar-refractivity contribution in [3.05, 3.63) is 35.4 Å². The summed E-state index contributed by atoms with van der Waals surface area (Å²) in [5.74, 6) is 0.160. The maximum absolute atomic E-state index is 12.3. The smallest absolute Gasteiger partial charge is 0.407 e. The third kappa shape index (κ3) is 5.10. The van der Waals surface area contributed by atoms with E-state index < -0.39 is 13.9 Å². The third-order valence-electron chi connectivity index (χ3n) is 5.51. The van der Waals surface area contributed by atoms with Crippen LogP contribution in [0.3, 0.4) is 0 Å². The second-order valence-electron chi connectivity index (χ2n) is 9.83. The molecule has 26 heavy (non-hydrogen) atoms. The van der Waals surface area contributed by atoms with Crippen LogP contribution in [0.25, 0.3) is 0 Å². The second kappa shape index (κ2) is 7.35. The first kappa shape index (κ1) is 21.0. The van der Waals surface area contributed by atoms with Crippen LogP contribution in [0.4, 0.5) is 4.79 Å². The van der Waals surface area contributed by atoms with Crippen LogP contribution in [0.1, 0.15) is 58.6 Å². The Hall–Kier alpha value is -1.33. The minimum Gasteiger partial charge on any atom is -0.444 e. The van der Waals surface area contributed by atoms with Gasteiger partial charge in [0.05, 0.1) is 0 Å². The topological polar surface area (TPSA) is 47.6 Å². The predicted octanol–water partition coefficient (Wildman–Crippen LogP) is 5.24. The minimum absolute atomic E-state index is 0.00650. The van der Waals surface area contributed by atoms with Crippen molar-refractivity contribution in [2.45, 2.75) is 83.7 Å². The fourth-order valence-electron chi connectivity index (χ4n) is 3.01. The van der Waals surface area contributed by atoms with Gasteiger partial charge < -0.3 is 14.5 Å². The monoisotopic (exact) mass is 377 g/mol. The minimum atomic E-state index is -1.85. The lowest BCUT2D eigenvalue weighted by molar-refractivity contribution is 0.0494. The summed E-state index contributed by atoms with van der Waals surface area (Å²) in [4.78, 5) is 12.3. The summed E-state index contributed by atoms with van der Waals surface area (Å²) >= 11 is 0. The molecule has 0 aromatic heterocycles. The fourth-order valence-corrected chi connectivity index (χ4v) is 4.04. The molecule has 5 heteroatoms. The van der Waals surface area contributed by atoms with Crippen LogP contribution in [-0.2, 0) is 15.6 Å². The molecule has 0 spiro atoms. The van der Waals surface area contributed by atoms with Crippen LogP contribution < -0.4 is 5.32 Å². The fraction of sp³-hybridized carbons (Fsp3) is 0.667. The molecule has 0 saturated heterocycles. The Bertz CT molecular complexity index is 643. The van der Waals surface area contributed by atoms with Crippen molar-refractivity contribution in [1.29, 1.82) is 0 Å². The maximum Gasteiger partial charge on any atom is 0.407 e. The summed E-state index contributed by atoms with van der Waals surface area (Å²) in [7, 11) is -1.85. The van der Waals surface area contributed by atoms with Crippen molar-refractivity contribution in [2.75, 3.05) is 6.61 Å². The van der Waals surface area contributed by atoms with E-state index in [1.54, 1.807) is 0 Å². The van der Waals surface area contributed by atoms with Gasteiger partial charge >= 0.3 is 6.09 Å². The van der Waals surface area contributed by atoms with Gasteiger partial charge in [-0.15, -0.1) is 0 Å². The van der Waals surface area contributed by atoms with Gasteiger partial charge in [-0.25, -0.2) is 4.79 Å². The first-order valence-corrected chi connectivity index (χ1v) is 12.4. The number of fused-ring (bicyclic) bond motifs is 1. The zero-order valence-electron chi connectivity index (χ0n) is 17.6. The van der Waals surface area contributed by atoms with Gasteiger partial charge in [-0.05, 0) is 56.5 Å². The van der Waals surface area contributed by atoms with Gasteiger partial charge in [0.25, 0.3) is 0 Å². The summed E-state index contributed by atoms with van der Waals surface area (Å²) in [6.45, 7) is 17.6. The number of alkyl carbamates (subject to hydrolysis) is 1. The van der Waals surface area contributed by atoms with Crippen molar-refractivity contribution in [1.82, 2.24) is 5.32 Å². The van der Waals surface area contributed by atoms with Crippen LogP contribution in [0, 0.1) is 0 Å². The highest BCUT2D eigenvalue weighted by Crippen LogP contribution is 2.39. The molecular weight excluding hydrogens is 342 g/mol. The second-order valence-corrected chi connectivity index (χ2v) is 14.6. The van der Waals surface area contributed by atoms with Gasteiger partial charge in [0, 0.05) is 18.6 Å². The van der Waals surface area contributed by atoms with E-state index in [1.807, 2.05) is 20.8 Å². The van der Waals surface area contributed by atoms with Crippen molar-refractivity contribution >= 4 is 14.4 Å². The number of carbonyl (C=O) groups is 1. The molecule has 1 aliphatic carbocycles. The molecule has 0 heterocycles. The molecule has 4 nitrogen and oxygen atoms in total. The number of rotatable bonds is 4. The molecular formula is C21H35NO3Si. The zero-order valence-corrected chi connectivity index (χ0v) is 18.6. The Labute approximate surface area is 159 Å². The predicted molar refractivity (Wildman–Crippen MR) is 109 cm³/mol. The van der Waals surface area contributed by atoms with Crippen LogP contribution in [0.15, 0.2) is 24.3 Å². The molecule has 1 aliphatic rings. The molecule has 0 saturated carbocycles. The number of benzene rings is 1. The average Bonchev–Trinajstić information content (AvgIpc) is 2.79.